The summed E-state index contributed by atoms with van der Waals surface area (Å²) in [6.45, 7) is 8.41. The highest BCUT2D eigenvalue weighted by atomic mass is 16.5. The third-order valence-electron chi connectivity index (χ3n) is 3.88. The number of amides is 1. The summed E-state index contributed by atoms with van der Waals surface area (Å²) in [7, 11) is 0. The van der Waals surface area contributed by atoms with Crippen molar-refractivity contribution in [3.8, 4) is 5.75 Å². The number of rotatable bonds is 7. The van der Waals surface area contributed by atoms with Crippen molar-refractivity contribution in [2.45, 2.75) is 26.3 Å². The second-order valence-electron chi connectivity index (χ2n) is 5.32. The Bertz CT molecular complexity index is 455. The Morgan fingerprint density at radius 3 is 2.55 bits per heavy atom. The fraction of sp³-hybridized carbons (Fsp3) is 0.588. The number of morpholine rings is 1. The van der Waals surface area contributed by atoms with E-state index in [1.165, 1.54) is 5.56 Å². The number of hydrogen-bond acceptors (Lipinski definition) is 4. The van der Waals surface area contributed by atoms with Gasteiger partial charge in [0.2, 0.25) is 5.91 Å². The molecule has 1 atom stereocenters. The molecule has 0 aliphatic carbocycles. The fourth-order valence-corrected chi connectivity index (χ4v) is 2.64. The van der Waals surface area contributed by atoms with Gasteiger partial charge >= 0.3 is 0 Å². The molecule has 0 bridgehead atoms. The molecule has 0 aromatic heterocycles. The third-order valence-corrected chi connectivity index (χ3v) is 3.88. The molecule has 0 spiro atoms. The van der Waals surface area contributed by atoms with Crippen LogP contribution in [0.2, 0.25) is 0 Å². The second kappa shape index (κ2) is 8.76. The molecule has 122 valence electrons. The Labute approximate surface area is 132 Å². The first-order chi connectivity index (χ1) is 10.7. The highest BCUT2D eigenvalue weighted by Gasteiger charge is 2.23. The predicted octanol–water partition coefficient (Wildman–Crippen LogP) is 1.98. The Morgan fingerprint density at radius 1 is 1.27 bits per heavy atom. The number of benzene rings is 1. The third kappa shape index (κ3) is 4.71. The molecule has 1 aliphatic heterocycles. The quantitative estimate of drug-likeness (QED) is 0.837. The lowest BCUT2D eigenvalue weighted by Crippen LogP contribution is -2.43. The van der Waals surface area contributed by atoms with Crippen LogP contribution in [0.3, 0.4) is 0 Å². The van der Waals surface area contributed by atoms with Crippen molar-refractivity contribution in [2.75, 3.05) is 39.5 Å². The van der Waals surface area contributed by atoms with Gasteiger partial charge in [-0.3, -0.25) is 9.69 Å². The van der Waals surface area contributed by atoms with Crippen LogP contribution in [0.15, 0.2) is 24.3 Å². The summed E-state index contributed by atoms with van der Waals surface area (Å²) >= 11 is 0. The number of carbonyl (C=O) groups is 1. The Balaban J connectivity index is 2.09. The van der Waals surface area contributed by atoms with E-state index >= 15 is 0 Å². The standard InChI is InChI=1S/C17H26N2O3/c1-3-17(20)18-13-16(19-9-11-21-12-10-19)14-5-7-15(8-6-14)22-4-2/h5-8,16H,3-4,9-13H2,1-2H3,(H,18,20). The van der Waals surface area contributed by atoms with Crippen LogP contribution < -0.4 is 10.1 Å². The second-order valence-corrected chi connectivity index (χ2v) is 5.32. The van der Waals surface area contributed by atoms with E-state index in [0.717, 1.165) is 32.1 Å². The maximum atomic E-state index is 11.6. The highest BCUT2D eigenvalue weighted by Crippen LogP contribution is 2.23. The molecule has 5 nitrogen and oxygen atoms in total. The van der Waals surface area contributed by atoms with Gasteiger partial charge in [0, 0.05) is 26.1 Å². The number of ether oxygens (including phenoxy) is 2. The molecule has 5 heteroatoms. The van der Waals surface area contributed by atoms with Crippen molar-refractivity contribution < 1.29 is 14.3 Å². The van der Waals surface area contributed by atoms with Crippen LogP contribution >= 0.6 is 0 Å². The van der Waals surface area contributed by atoms with E-state index in [1.54, 1.807) is 0 Å². The van der Waals surface area contributed by atoms with Crippen molar-refractivity contribution in [3.05, 3.63) is 29.8 Å². The normalized spacial score (nSPS) is 17.0. The lowest BCUT2D eigenvalue weighted by molar-refractivity contribution is -0.121. The summed E-state index contributed by atoms with van der Waals surface area (Å²) in [6, 6.07) is 8.34. The molecule has 1 saturated heterocycles. The van der Waals surface area contributed by atoms with Crippen LogP contribution in [-0.2, 0) is 9.53 Å². The fourth-order valence-electron chi connectivity index (χ4n) is 2.64. The van der Waals surface area contributed by atoms with Crippen LogP contribution in [0, 0.1) is 0 Å². The van der Waals surface area contributed by atoms with E-state index < -0.39 is 0 Å². The summed E-state index contributed by atoms with van der Waals surface area (Å²) in [4.78, 5) is 14.0. The molecule has 1 aromatic rings. The summed E-state index contributed by atoms with van der Waals surface area (Å²) in [5, 5.41) is 3.02. The zero-order valence-electron chi connectivity index (χ0n) is 13.5. The SMILES string of the molecule is CCOc1ccc(C(CNC(=O)CC)N2CCOCC2)cc1. The van der Waals surface area contributed by atoms with Crippen molar-refractivity contribution in [1.82, 2.24) is 10.2 Å². The summed E-state index contributed by atoms with van der Waals surface area (Å²) in [5.74, 6) is 0.966. The maximum absolute atomic E-state index is 11.6. The molecule has 1 aromatic carbocycles. The smallest absolute Gasteiger partial charge is 0.219 e. The van der Waals surface area contributed by atoms with E-state index in [1.807, 2.05) is 26.0 Å². The van der Waals surface area contributed by atoms with Crippen molar-refractivity contribution in [1.29, 1.82) is 0 Å². The lowest BCUT2D eigenvalue weighted by atomic mass is 10.0. The topological polar surface area (TPSA) is 50.8 Å². The summed E-state index contributed by atoms with van der Waals surface area (Å²) < 4.78 is 10.9. The average Bonchev–Trinajstić information content (AvgIpc) is 2.57. The lowest BCUT2D eigenvalue weighted by Gasteiger charge is -2.35. The number of hydrogen-bond donors (Lipinski definition) is 1. The number of carbonyl (C=O) groups excluding carboxylic acids is 1. The largest absolute Gasteiger partial charge is 0.494 e. The van der Waals surface area contributed by atoms with E-state index in [4.69, 9.17) is 9.47 Å². The molecule has 1 aliphatic rings. The van der Waals surface area contributed by atoms with E-state index in [9.17, 15) is 4.79 Å². The average molecular weight is 306 g/mol. The first-order valence-corrected chi connectivity index (χ1v) is 8.05. The van der Waals surface area contributed by atoms with Crippen molar-refractivity contribution in [3.63, 3.8) is 0 Å². The molecule has 22 heavy (non-hydrogen) atoms. The van der Waals surface area contributed by atoms with E-state index in [-0.39, 0.29) is 11.9 Å². The van der Waals surface area contributed by atoms with Gasteiger partial charge in [0.05, 0.1) is 25.9 Å². The van der Waals surface area contributed by atoms with Crippen LogP contribution in [0.4, 0.5) is 0 Å². The molecule has 1 fully saturated rings. The first-order valence-electron chi connectivity index (χ1n) is 8.05. The van der Waals surface area contributed by atoms with Gasteiger partial charge in [-0.25, -0.2) is 0 Å². The van der Waals surface area contributed by atoms with Crippen LogP contribution in [-0.4, -0.2) is 50.3 Å². The number of nitrogens with zero attached hydrogens (tertiary/aromatic N) is 1. The monoisotopic (exact) mass is 306 g/mol. The first kappa shape index (κ1) is 16.8. The van der Waals surface area contributed by atoms with Gasteiger partial charge in [-0.05, 0) is 24.6 Å². The Morgan fingerprint density at radius 2 is 1.95 bits per heavy atom. The van der Waals surface area contributed by atoms with E-state index in [0.29, 0.717) is 19.6 Å². The minimum Gasteiger partial charge on any atom is -0.494 e. The minimum atomic E-state index is 0.0872. The van der Waals surface area contributed by atoms with Crippen LogP contribution in [0.5, 0.6) is 5.75 Å². The van der Waals surface area contributed by atoms with Gasteiger partial charge in [0.1, 0.15) is 5.75 Å². The van der Waals surface area contributed by atoms with Gasteiger partial charge in [-0.15, -0.1) is 0 Å². The molecular weight excluding hydrogens is 280 g/mol. The highest BCUT2D eigenvalue weighted by molar-refractivity contribution is 5.75. The minimum absolute atomic E-state index is 0.0872. The number of nitrogens with one attached hydrogen (secondary N) is 1. The molecular formula is C17H26N2O3. The molecule has 0 radical (unpaired) electrons. The summed E-state index contributed by atoms with van der Waals surface area (Å²) in [6.07, 6.45) is 0.513. The van der Waals surface area contributed by atoms with Gasteiger partial charge in [-0.2, -0.15) is 0 Å². The van der Waals surface area contributed by atoms with Gasteiger partial charge < -0.3 is 14.8 Å². The zero-order valence-corrected chi connectivity index (χ0v) is 13.5. The molecule has 1 heterocycles. The van der Waals surface area contributed by atoms with Crippen molar-refractivity contribution in [2.24, 2.45) is 0 Å². The predicted molar refractivity (Wildman–Crippen MR) is 86.0 cm³/mol. The molecule has 0 saturated carbocycles. The van der Waals surface area contributed by atoms with Crippen molar-refractivity contribution >= 4 is 5.91 Å². The van der Waals surface area contributed by atoms with E-state index in [2.05, 4.69) is 22.3 Å². The summed E-state index contributed by atoms with van der Waals surface area (Å²) in [5.41, 5.74) is 1.20. The van der Waals surface area contributed by atoms with Gasteiger partial charge in [0.25, 0.3) is 0 Å². The molecule has 1 unspecified atom stereocenters. The Kier molecular flexibility index (Phi) is 6.68. The van der Waals surface area contributed by atoms with Crippen LogP contribution in [0.25, 0.3) is 0 Å². The molecule has 2 rings (SSSR count). The molecule has 1 amide bonds. The maximum Gasteiger partial charge on any atom is 0.219 e. The molecule has 1 N–H and O–H groups in total. The van der Waals surface area contributed by atoms with Crippen LogP contribution in [0.1, 0.15) is 31.9 Å². The zero-order chi connectivity index (χ0) is 15.8. The van der Waals surface area contributed by atoms with Gasteiger partial charge in [0.15, 0.2) is 0 Å². The Hall–Kier alpha value is -1.59. The van der Waals surface area contributed by atoms with Gasteiger partial charge in [-0.1, -0.05) is 19.1 Å².